The van der Waals surface area contributed by atoms with E-state index in [1.54, 1.807) is 15.8 Å². The minimum absolute atomic E-state index is 0.106. The maximum atomic E-state index is 12.4. The number of carbonyl (C=O) groups excluding carboxylic acids is 2. The Balaban J connectivity index is 1.79. The maximum absolute atomic E-state index is 12.4. The van der Waals surface area contributed by atoms with E-state index < -0.39 is 0 Å². The Morgan fingerprint density at radius 1 is 1.24 bits per heavy atom. The molecule has 1 aromatic carbocycles. The normalized spacial score (nSPS) is 15.4. The number of hydrogen-bond acceptors (Lipinski definition) is 3. The Labute approximate surface area is 122 Å². The smallest absolute Gasteiger partial charge is 0.257 e. The van der Waals surface area contributed by atoms with Crippen LogP contribution in [0.4, 0.5) is 0 Å². The van der Waals surface area contributed by atoms with Gasteiger partial charge in [-0.2, -0.15) is 5.10 Å². The van der Waals surface area contributed by atoms with E-state index in [-0.39, 0.29) is 18.4 Å². The zero-order valence-electron chi connectivity index (χ0n) is 11.5. The topological polar surface area (TPSA) is 67.2 Å². The van der Waals surface area contributed by atoms with Crippen LogP contribution in [0.5, 0.6) is 0 Å². The van der Waals surface area contributed by atoms with Crippen LogP contribution in [0.3, 0.4) is 0 Å². The summed E-state index contributed by atoms with van der Waals surface area (Å²) >= 11 is 0. The van der Waals surface area contributed by atoms with Crippen LogP contribution in [0.25, 0.3) is 5.69 Å². The van der Waals surface area contributed by atoms with Gasteiger partial charge < -0.3 is 10.2 Å². The van der Waals surface area contributed by atoms with E-state index in [4.69, 9.17) is 0 Å². The van der Waals surface area contributed by atoms with Crippen molar-refractivity contribution in [2.45, 2.75) is 6.42 Å². The highest BCUT2D eigenvalue weighted by Crippen LogP contribution is 2.10. The molecule has 1 fully saturated rings. The molecule has 0 atom stereocenters. The fourth-order valence-corrected chi connectivity index (χ4v) is 2.32. The van der Waals surface area contributed by atoms with Gasteiger partial charge in [0.05, 0.1) is 24.0 Å². The van der Waals surface area contributed by atoms with Crippen LogP contribution in [-0.4, -0.2) is 46.1 Å². The summed E-state index contributed by atoms with van der Waals surface area (Å²) in [7, 11) is 0. The second kappa shape index (κ2) is 5.78. The van der Waals surface area contributed by atoms with Crippen LogP contribution in [0.1, 0.15) is 16.8 Å². The summed E-state index contributed by atoms with van der Waals surface area (Å²) in [6.07, 6.45) is 4.00. The van der Waals surface area contributed by atoms with Gasteiger partial charge in [0.1, 0.15) is 0 Å². The molecule has 0 aliphatic carbocycles. The van der Waals surface area contributed by atoms with Crippen LogP contribution in [-0.2, 0) is 4.79 Å². The molecule has 21 heavy (non-hydrogen) atoms. The number of para-hydroxylation sites is 1. The molecule has 1 saturated heterocycles. The average Bonchev–Trinajstić information content (AvgIpc) is 2.90. The Bertz CT molecular complexity index is 651. The molecule has 108 valence electrons. The number of nitrogens with one attached hydrogen (secondary N) is 1. The zero-order chi connectivity index (χ0) is 14.7. The van der Waals surface area contributed by atoms with Gasteiger partial charge in [0, 0.05) is 19.3 Å². The van der Waals surface area contributed by atoms with Gasteiger partial charge in [-0.1, -0.05) is 18.2 Å². The number of nitrogens with zero attached hydrogens (tertiary/aromatic N) is 3. The summed E-state index contributed by atoms with van der Waals surface area (Å²) in [5.74, 6) is -0.273. The van der Waals surface area contributed by atoms with Gasteiger partial charge in [-0.3, -0.25) is 9.59 Å². The van der Waals surface area contributed by atoms with E-state index in [1.807, 2.05) is 30.3 Å². The van der Waals surface area contributed by atoms with E-state index in [2.05, 4.69) is 10.4 Å². The standard InChI is InChI=1S/C15H16N4O2/c20-14-11-18(8-4-7-16-14)15(21)12-9-17-19(10-12)13-5-2-1-3-6-13/h1-3,5-6,9-10H,4,7-8,11H2,(H,16,20). The summed E-state index contributed by atoms with van der Waals surface area (Å²) in [5.41, 5.74) is 1.39. The first kappa shape index (κ1) is 13.4. The van der Waals surface area contributed by atoms with Crippen LogP contribution in [0.2, 0.25) is 0 Å². The maximum Gasteiger partial charge on any atom is 0.257 e. The van der Waals surface area contributed by atoms with Gasteiger partial charge in [0.25, 0.3) is 5.91 Å². The average molecular weight is 284 g/mol. The molecule has 1 aliphatic heterocycles. The van der Waals surface area contributed by atoms with Crippen molar-refractivity contribution < 1.29 is 9.59 Å². The van der Waals surface area contributed by atoms with E-state index in [1.165, 1.54) is 6.20 Å². The molecule has 1 N–H and O–H groups in total. The van der Waals surface area contributed by atoms with E-state index in [0.29, 0.717) is 18.7 Å². The number of amides is 2. The lowest BCUT2D eigenvalue weighted by Gasteiger charge is -2.17. The third kappa shape index (κ3) is 2.94. The lowest BCUT2D eigenvalue weighted by Crippen LogP contribution is -2.37. The second-order valence-corrected chi connectivity index (χ2v) is 4.94. The fourth-order valence-electron chi connectivity index (χ4n) is 2.32. The van der Waals surface area contributed by atoms with Crippen LogP contribution >= 0.6 is 0 Å². The van der Waals surface area contributed by atoms with Gasteiger partial charge >= 0.3 is 0 Å². The number of aromatic nitrogens is 2. The quantitative estimate of drug-likeness (QED) is 0.888. The summed E-state index contributed by atoms with van der Waals surface area (Å²) in [4.78, 5) is 25.5. The fraction of sp³-hybridized carbons (Fsp3) is 0.267. The first-order valence-electron chi connectivity index (χ1n) is 6.90. The van der Waals surface area contributed by atoms with Crippen LogP contribution < -0.4 is 5.32 Å². The molecular weight excluding hydrogens is 268 g/mol. The van der Waals surface area contributed by atoms with Gasteiger partial charge in [-0.05, 0) is 18.6 Å². The predicted molar refractivity (Wildman–Crippen MR) is 77.1 cm³/mol. The van der Waals surface area contributed by atoms with Gasteiger partial charge in [-0.15, -0.1) is 0 Å². The van der Waals surface area contributed by atoms with Crippen molar-refractivity contribution in [3.8, 4) is 5.69 Å². The Morgan fingerprint density at radius 3 is 2.86 bits per heavy atom. The highest BCUT2D eigenvalue weighted by atomic mass is 16.2. The highest BCUT2D eigenvalue weighted by molar-refractivity contribution is 5.96. The molecule has 6 heteroatoms. The summed E-state index contributed by atoms with van der Waals surface area (Å²) in [6, 6.07) is 9.59. The lowest BCUT2D eigenvalue weighted by atomic mass is 10.3. The summed E-state index contributed by atoms with van der Waals surface area (Å²) in [5, 5.41) is 6.97. The molecule has 2 heterocycles. The largest absolute Gasteiger partial charge is 0.354 e. The van der Waals surface area contributed by atoms with Crippen molar-refractivity contribution >= 4 is 11.8 Å². The minimum Gasteiger partial charge on any atom is -0.354 e. The Hall–Kier alpha value is -2.63. The predicted octanol–water partition coefficient (Wildman–Crippen LogP) is 0.834. The van der Waals surface area contributed by atoms with Crippen molar-refractivity contribution in [1.29, 1.82) is 0 Å². The first-order chi connectivity index (χ1) is 10.2. The van der Waals surface area contributed by atoms with Crippen molar-refractivity contribution in [3.63, 3.8) is 0 Å². The number of rotatable bonds is 2. The molecule has 0 bridgehead atoms. The van der Waals surface area contributed by atoms with Crippen LogP contribution in [0, 0.1) is 0 Å². The lowest BCUT2D eigenvalue weighted by molar-refractivity contribution is -0.121. The molecule has 0 unspecified atom stereocenters. The van der Waals surface area contributed by atoms with Crippen molar-refractivity contribution in [1.82, 2.24) is 20.0 Å². The highest BCUT2D eigenvalue weighted by Gasteiger charge is 2.22. The third-order valence-electron chi connectivity index (χ3n) is 3.40. The molecule has 1 aromatic heterocycles. The van der Waals surface area contributed by atoms with Gasteiger partial charge in [0.2, 0.25) is 5.91 Å². The van der Waals surface area contributed by atoms with Crippen molar-refractivity contribution in [2.24, 2.45) is 0 Å². The monoisotopic (exact) mass is 284 g/mol. The Kier molecular flexibility index (Phi) is 3.68. The second-order valence-electron chi connectivity index (χ2n) is 4.94. The summed E-state index contributed by atoms with van der Waals surface area (Å²) < 4.78 is 1.66. The molecule has 1 aliphatic rings. The summed E-state index contributed by atoms with van der Waals surface area (Å²) in [6.45, 7) is 1.30. The SMILES string of the molecule is O=C1CN(C(=O)c2cnn(-c3ccccc3)c2)CCCN1. The molecule has 6 nitrogen and oxygen atoms in total. The molecular formula is C15H16N4O2. The molecule has 0 radical (unpaired) electrons. The molecule has 0 saturated carbocycles. The Morgan fingerprint density at radius 2 is 2.05 bits per heavy atom. The molecule has 3 rings (SSSR count). The zero-order valence-corrected chi connectivity index (χ0v) is 11.5. The van der Waals surface area contributed by atoms with Crippen molar-refractivity contribution in [2.75, 3.05) is 19.6 Å². The van der Waals surface area contributed by atoms with Gasteiger partial charge in [-0.25, -0.2) is 4.68 Å². The first-order valence-corrected chi connectivity index (χ1v) is 6.90. The van der Waals surface area contributed by atoms with E-state index >= 15 is 0 Å². The number of benzene rings is 1. The minimum atomic E-state index is -0.158. The molecule has 0 spiro atoms. The van der Waals surface area contributed by atoms with Crippen LogP contribution in [0.15, 0.2) is 42.7 Å². The van der Waals surface area contributed by atoms with Crippen molar-refractivity contribution in [3.05, 3.63) is 48.3 Å². The van der Waals surface area contributed by atoms with E-state index in [9.17, 15) is 9.59 Å². The van der Waals surface area contributed by atoms with Gasteiger partial charge in [0.15, 0.2) is 0 Å². The number of hydrogen-bond donors (Lipinski definition) is 1. The molecule has 2 aromatic rings. The number of carbonyl (C=O) groups is 2. The third-order valence-corrected chi connectivity index (χ3v) is 3.40. The molecule has 2 amide bonds. The van der Waals surface area contributed by atoms with E-state index in [0.717, 1.165) is 12.1 Å².